The fraction of sp³-hybridized carbons (Fsp3) is 0.267. The number of thiophene rings is 1. The summed E-state index contributed by atoms with van der Waals surface area (Å²) in [4.78, 5) is 14.2. The maximum Gasteiger partial charge on any atom is 0.250 e. The molecule has 1 aromatic heterocycles. The summed E-state index contributed by atoms with van der Waals surface area (Å²) in [5.41, 5.74) is 0.674. The molecule has 124 valence electrons. The van der Waals surface area contributed by atoms with E-state index in [1.807, 2.05) is 6.92 Å². The van der Waals surface area contributed by atoms with Crippen LogP contribution in [0.1, 0.15) is 11.8 Å². The number of carbonyl (C=O) groups is 1. The van der Waals surface area contributed by atoms with E-state index >= 15 is 0 Å². The van der Waals surface area contributed by atoms with Gasteiger partial charge in [-0.05, 0) is 43.3 Å². The van der Waals surface area contributed by atoms with E-state index in [4.69, 9.17) is 11.6 Å². The van der Waals surface area contributed by atoms with Gasteiger partial charge >= 0.3 is 0 Å². The zero-order valence-corrected chi connectivity index (χ0v) is 15.1. The standard InChI is InChI=1S/C15H17ClN2O3S2/c1-11-3-8-15(22-11)23(20,21)17-9-10-18(12(2)19)14-6-4-13(16)5-7-14/h3-8,17H,9-10H2,1-2H3. The van der Waals surface area contributed by atoms with Crippen molar-refractivity contribution in [3.8, 4) is 0 Å². The van der Waals surface area contributed by atoms with Crippen LogP contribution in [0.5, 0.6) is 0 Å². The van der Waals surface area contributed by atoms with Crippen molar-refractivity contribution in [3.05, 3.63) is 46.3 Å². The largest absolute Gasteiger partial charge is 0.311 e. The summed E-state index contributed by atoms with van der Waals surface area (Å²) in [5.74, 6) is -0.168. The summed E-state index contributed by atoms with van der Waals surface area (Å²) in [6.45, 7) is 3.65. The fourth-order valence-corrected chi connectivity index (χ4v) is 4.48. The minimum atomic E-state index is -3.54. The third kappa shape index (κ3) is 4.78. The van der Waals surface area contributed by atoms with Crippen molar-refractivity contribution >= 4 is 44.6 Å². The molecule has 2 rings (SSSR count). The number of sulfonamides is 1. The number of amides is 1. The lowest BCUT2D eigenvalue weighted by Gasteiger charge is -2.21. The van der Waals surface area contributed by atoms with Gasteiger partial charge in [-0.1, -0.05) is 11.6 Å². The molecule has 1 heterocycles. The number of nitrogens with one attached hydrogen (secondary N) is 1. The van der Waals surface area contributed by atoms with E-state index in [9.17, 15) is 13.2 Å². The van der Waals surface area contributed by atoms with Gasteiger partial charge in [0.05, 0.1) is 0 Å². The molecule has 1 N–H and O–H groups in total. The topological polar surface area (TPSA) is 66.5 Å². The quantitative estimate of drug-likeness (QED) is 0.847. The minimum Gasteiger partial charge on any atom is -0.311 e. The number of nitrogens with zero attached hydrogens (tertiary/aromatic N) is 1. The molecule has 8 heteroatoms. The lowest BCUT2D eigenvalue weighted by molar-refractivity contribution is -0.116. The SMILES string of the molecule is CC(=O)N(CCNS(=O)(=O)c1ccc(C)s1)c1ccc(Cl)cc1. The van der Waals surface area contributed by atoms with Gasteiger partial charge in [0.2, 0.25) is 15.9 Å². The van der Waals surface area contributed by atoms with Gasteiger partial charge in [0.1, 0.15) is 4.21 Å². The highest BCUT2D eigenvalue weighted by Gasteiger charge is 2.17. The molecule has 0 saturated heterocycles. The second kappa shape index (κ2) is 7.44. The number of hydrogen-bond donors (Lipinski definition) is 1. The Kier molecular flexibility index (Phi) is 5.80. The molecule has 0 unspecified atom stereocenters. The average molecular weight is 373 g/mol. The summed E-state index contributed by atoms with van der Waals surface area (Å²) < 4.78 is 27.1. The van der Waals surface area contributed by atoms with E-state index in [0.29, 0.717) is 10.7 Å². The molecular weight excluding hydrogens is 356 g/mol. The van der Waals surface area contributed by atoms with Gasteiger partial charge in [-0.15, -0.1) is 11.3 Å². The van der Waals surface area contributed by atoms with Crippen molar-refractivity contribution in [3.63, 3.8) is 0 Å². The number of anilines is 1. The second-order valence-electron chi connectivity index (χ2n) is 4.91. The molecule has 0 radical (unpaired) electrons. The molecule has 0 bridgehead atoms. The monoisotopic (exact) mass is 372 g/mol. The number of benzene rings is 1. The Balaban J connectivity index is 2.02. The Morgan fingerprint density at radius 3 is 2.39 bits per heavy atom. The Bertz CT molecular complexity index is 785. The van der Waals surface area contributed by atoms with Crippen LogP contribution in [0.2, 0.25) is 5.02 Å². The van der Waals surface area contributed by atoms with Gasteiger partial charge in [-0.25, -0.2) is 13.1 Å². The number of carbonyl (C=O) groups excluding carboxylic acids is 1. The molecule has 1 amide bonds. The zero-order chi connectivity index (χ0) is 17.0. The molecule has 0 aliphatic carbocycles. The Morgan fingerprint density at radius 1 is 1.22 bits per heavy atom. The van der Waals surface area contributed by atoms with E-state index in [-0.39, 0.29) is 23.2 Å². The zero-order valence-electron chi connectivity index (χ0n) is 12.7. The highest BCUT2D eigenvalue weighted by Crippen LogP contribution is 2.21. The summed E-state index contributed by atoms with van der Waals surface area (Å²) in [5, 5.41) is 0.575. The van der Waals surface area contributed by atoms with Crippen LogP contribution in [0.25, 0.3) is 0 Å². The van der Waals surface area contributed by atoms with Crippen LogP contribution in [0.15, 0.2) is 40.6 Å². The number of rotatable bonds is 6. The number of hydrogen-bond acceptors (Lipinski definition) is 4. The van der Waals surface area contributed by atoms with Crippen LogP contribution in [0, 0.1) is 6.92 Å². The first-order valence-electron chi connectivity index (χ1n) is 6.89. The van der Waals surface area contributed by atoms with E-state index in [1.165, 1.54) is 23.2 Å². The van der Waals surface area contributed by atoms with Crippen LogP contribution in [-0.4, -0.2) is 27.4 Å². The molecule has 0 aliphatic rings. The third-order valence-electron chi connectivity index (χ3n) is 3.13. The van der Waals surface area contributed by atoms with Crippen LogP contribution in [0.3, 0.4) is 0 Å². The van der Waals surface area contributed by atoms with Crippen LogP contribution in [0.4, 0.5) is 5.69 Å². The molecular formula is C15H17ClN2O3S2. The normalized spacial score (nSPS) is 11.4. The maximum atomic E-state index is 12.2. The molecule has 0 spiro atoms. The van der Waals surface area contributed by atoms with Gasteiger partial charge in [0.25, 0.3) is 0 Å². The van der Waals surface area contributed by atoms with E-state index in [0.717, 1.165) is 4.88 Å². The Hall–Kier alpha value is -1.41. The van der Waals surface area contributed by atoms with Crippen molar-refractivity contribution in [1.82, 2.24) is 4.72 Å². The lowest BCUT2D eigenvalue weighted by Crippen LogP contribution is -2.37. The first-order valence-corrected chi connectivity index (χ1v) is 9.57. The van der Waals surface area contributed by atoms with Gasteiger partial charge in [-0.3, -0.25) is 4.79 Å². The Labute approximate surface area is 144 Å². The van der Waals surface area contributed by atoms with E-state index in [2.05, 4.69) is 4.72 Å². The van der Waals surface area contributed by atoms with Crippen molar-refractivity contribution < 1.29 is 13.2 Å². The van der Waals surface area contributed by atoms with Crippen molar-refractivity contribution in [2.75, 3.05) is 18.0 Å². The predicted octanol–water partition coefficient (Wildman–Crippen LogP) is 3.04. The highest BCUT2D eigenvalue weighted by atomic mass is 35.5. The number of halogens is 1. The first kappa shape index (κ1) is 17.9. The molecule has 23 heavy (non-hydrogen) atoms. The van der Waals surface area contributed by atoms with Gasteiger partial charge in [0, 0.05) is 35.6 Å². The predicted molar refractivity (Wildman–Crippen MR) is 93.7 cm³/mol. The van der Waals surface area contributed by atoms with Crippen LogP contribution in [-0.2, 0) is 14.8 Å². The minimum absolute atomic E-state index is 0.126. The summed E-state index contributed by atoms with van der Waals surface area (Å²) in [6.07, 6.45) is 0. The van der Waals surface area contributed by atoms with Crippen molar-refractivity contribution in [2.45, 2.75) is 18.1 Å². The average Bonchev–Trinajstić information content (AvgIpc) is 2.92. The van der Waals surface area contributed by atoms with Crippen molar-refractivity contribution in [2.24, 2.45) is 0 Å². The van der Waals surface area contributed by atoms with Crippen molar-refractivity contribution in [1.29, 1.82) is 0 Å². The molecule has 0 aliphatic heterocycles. The third-order valence-corrected chi connectivity index (χ3v) is 6.33. The molecule has 0 atom stereocenters. The molecule has 5 nitrogen and oxygen atoms in total. The number of aryl methyl sites for hydroxylation is 1. The Morgan fingerprint density at radius 2 is 1.87 bits per heavy atom. The van der Waals surface area contributed by atoms with Crippen LogP contribution < -0.4 is 9.62 Å². The van der Waals surface area contributed by atoms with Gasteiger partial charge < -0.3 is 4.90 Å². The highest BCUT2D eigenvalue weighted by molar-refractivity contribution is 7.91. The lowest BCUT2D eigenvalue weighted by atomic mass is 10.3. The molecule has 0 fully saturated rings. The van der Waals surface area contributed by atoms with E-state index in [1.54, 1.807) is 36.4 Å². The first-order chi connectivity index (χ1) is 10.8. The molecule has 0 saturated carbocycles. The smallest absolute Gasteiger partial charge is 0.250 e. The fourth-order valence-electron chi connectivity index (χ4n) is 2.01. The van der Waals surface area contributed by atoms with Gasteiger partial charge in [0.15, 0.2) is 0 Å². The second-order valence-corrected chi connectivity index (χ2v) is 8.63. The summed E-state index contributed by atoms with van der Waals surface area (Å²) in [7, 11) is -3.54. The van der Waals surface area contributed by atoms with Crippen LogP contribution >= 0.6 is 22.9 Å². The summed E-state index contributed by atoms with van der Waals surface area (Å²) in [6, 6.07) is 10.2. The molecule has 2 aromatic rings. The maximum absolute atomic E-state index is 12.2. The summed E-state index contributed by atoms with van der Waals surface area (Å²) >= 11 is 7.05. The molecule has 1 aromatic carbocycles. The van der Waals surface area contributed by atoms with Gasteiger partial charge in [-0.2, -0.15) is 0 Å². The van der Waals surface area contributed by atoms with E-state index < -0.39 is 10.0 Å².